The molecule has 4 nitrogen and oxygen atoms in total. The van der Waals surface area contributed by atoms with Crippen LogP contribution in [0.15, 0.2) is 54.6 Å². The molecule has 2 heterocycles. The van der Waals surface area contributed by atoms with Crippen molar-refractivity contribution in [3.8, 4) is 5.75 Å². The van der Waals surface area contributed by atoms with Gasteiger partial charge in [0.05, 0.1) is 13.7 Å². The highest BCUT2D eigenvalue weighted by molar-refractivity contribution is 5.92. The van der Waals surface area contributed by atoms with Gasteiger partial charge in [0.15, 0.2) is 0 Å². The molecule has 3 atom stereocenters. The van der Waals surface area contributed by atoms with E-state index in [2.05, 4.69) is 40.5 Å². The fourth-order valence-electron chi connectivity index (χ4n) is 4.57. The largest absolute Gasteiger partial charge is 0.497 e. The Hall–Kier alpha value is -2.33. The summed E-state index contributed by atoms with van der Waals surface area (Å²) in [6.07, 6.45) is 4.75. The van der Waals surface area contributed by atoms with E-state index in [1.807, 2.05) is 24.3 Å². The number of nitrogens with zero attached hydrogens (tertiary/aromatic N) is 1. The minimum atomic E-state index is 0.0743. The summed E-state index contributed by atoms with van der Waals surface area (Å²) in [5.41, 5.74) is 2.27. The van der Waals surface area contributed by atoms with Crippen molar-refractivity contribution in [1.29, 1.82) is 0 Å². The van der Waals surface area contributed by atoms with Crippen LogP contribution in [0.3, 0.4) is 0 Å². The van der Waals surface area contributed by atoms with Crippen molar-refractivity contribution < 1.29 is 9.53 Å². The number of hydrogen-bond acceptors (Lipinski definition) is 3. The topological polar surface area (TPSA) is 41.6 Å². The van der Waals surface area contributed by atoms with Crippen LogP contribution in [0.1, 0.15) is 37.2 Å². The molecule has 4 rings (SSSR count). The molecule has 1 N–H and O–H groups in total. The predicted molar refractivity (Wildman–Crippen MR) is 104 cm³/mol. The van der Waals surface area contributed by atoms with E-state index in [9.17, 15) is 4.79 Å². The Balaban J connectivity index is 1.36. The van der Waals surface area contributed by atoms with E-state index < -0.39 is 0 Å². The maximum Gasteiger partial charge on any atom is 0.238 e. The van der Waals surface area contributed by atoms with Gasteiger partial charge in [0.25, 0.3) is 0 Å². The number of hydrogen-bond donors (Lipinski definition) is 1. The highest BCUT2D eigenvalue weighted by Crippen LogP contribution is 2.42. The number of carbonyl (C=O) groups excluding carboxylic acids is 1. The van der Waals surface area contributed by atoms with Gasteiger partial charge in [0.2, 0.25) is 5.91 Å². The molecule has 1 amide bonds. The highest BCUT2D eigenvalue weighted by Gasteiger charge is 2.41. The molecule has 0 radical (unpaired) electrons. The quantitative estimate of drug-likeness (QED) is 0.885. The molecule has 0 aliphatic carbocycles. The number of methoxy groups -OCH3 is 1. The smallest absolute Gasteiger partial charge is 0.238 e. The average Bonchev–Trinajstić information content (AvgIpc) is 2.90. The summed E-state index contributed by atoms with van der Waals surface area (Å²) in [5, 5.41) is 3.02. The van der Waals surface area contributed by atoms with E-state index in [-0.39, 0.29) is 5.91 Å². The van der Waals surface area contributed by atoms with E-state index in [1.165, 1.54) is 18.4 Å². The van der Waals surface area contributed by atoms with Crippen LogP contribution in [0, 0.1) is 0 Å². The normalized spacial score (nSPS) is 25.0. The number of amides is 1. The molecule has 0 spiro atoms. The molecule has 2 bridgehead atoms. The van der Waals surface area contributed by atoms with Gasteiger partial charge in [-0.05, 0) is 61.4 Å². The van der Waals surface area contributed by atoms with Crippen LogP contribution in [0.5, 0.6) is 5.75 Å². The van der Waals surface area contributed by atoms with E-state index in [1.54, 1.807) is 7.11 Å². The zero-order chi connectivity index (χ0) is 17.9. The number of piperidine rings is 1. The zero-order valence-corrected chi connectivity index (χ0v) is 15.2. The van der Waals surface area contributed by atoms with E-state index in [0.29, 0.717) is 24.5 Å². The zero-order valence-electron chi connectivity index (χ0n) is 15.2. The van der Waals surface area contributed by atoms with Crippen LogP contribution in [0.25, 0.3) is 0 Å². The third kappa shape index (κ3) is 3.61. The molecular formula is C22H26N2O2. The minimum absolute atomic E-state index is 0.0743. The lowest BCUT2D eigenvalue weighted by molar-refractivity contribution is -0.118. The summed E-state index contributed by atoms with van der Waals surface area (Å²) in [6, 6.07) is 19.4. The van der Waals surface area contributed by atoms with Gasteiger partial charge in [-0.3, -0.25) is 9.69 Å². The van der Waals surface area contributed by atoms with Gasteiger partial charge >= 0.3 is 0 Å². The van der Waals surface area contributed by atoms with Crippen molar-refractivity contribution in [3.63, 3.8) is 0 Å². The number of carbonyl (C=O) groups is 1. The maximum atomic E-state index is 12.5. The van der Waals surface area contributed by atoms with Gasteiger partial charge in [0.1, 0.15) is 5.75 Å². The number of benzene rings is 2. The highest BCUT2D eigenvalue weighted by atomic mass is 16.5. The summed E-state index contributed by atoms with van der Waals surface area (Å²) in [6.45, 7) is 0.489. The first-order valence-electron chi connectivity index (χ1n) is 9.47. The molecule has 4 heteroatoms. The molecule has 2 aromatic carbocycles. The van der Waals surface area contributed by atoms with Crippen molar-refractivity contribution in [2.75, 3.05) is 19.0 Å². The summed E-state index contributed by atoms with van der Waals surface area (Å²) in [7, 11) is 1.64. The second-order valence-electron chi connectivity index (χ2n) is 7.41. The van der Waals surface area contributed by atoms with Crippen molar-refractivity contribution in [2.45, 2.75) is 43.7 Å². The van der Waals surface area contributed by atoms with Gasteiger partial charge < -0.3 is 10.1 Å². The number of ether oxygens (including phenoxy) is 1. The first-order chi connectivity index (χ1) is 12.7. The molecule has 2 aliphatic heterocycles. The molecule has 0 aromatic heterocycles. The lowest BCUT2D eigenvalue weighted by Gasteiger charge is -2.38. The number of rotatable bonds is 5. The van der Waals surface area contributed by atoms with E-state index in [4.69, 9.17) is 4.74 Å². The second-order valence-corrected chi connectivity index (χ2v) is 7.41. The van der Waals surface area contributed by atoms with Crippen LogP contribution in [-0.4, -0.2) is 36.5 Å². The standard InChI is InChI=1S/C22H26N2O2/c1-26-21-11-7-18(8-12-21)23-22(25)15-24-19-9-10-20(24)14-17(13-19)16-5-3-2-4-6-16/h2-8,11-12,17,19-20H,9-10,13-15H2,1H3,(H,23,25)/t17?,19-,20+. The summed E-state index contributed by atoms with van der Waals surface area (Å²) in [5.74, 6) is 1.50. The van der Waals surface area contributed by atoms with Gasteiger partial charge in [-0.15, -0.1) is 0 Å². The third-order valence-electron chi connectivity index (χ3n) is 5.86. The van der Waals surface area contributed by atoms with Crippen LogP contribution >= 0.6 is 0 Å². The Bertz CT molecular complexity index is 730. The van der Waals surface area contributed by atoms with E-state index in [0.717, 1.165) is 24.3 Å². The third-order valence-corrected chi connectivity index (χ3v) is 5.86. The molecule has 1 unspecified atom stereocenters. The summed E-state index contributed by atoms with van der Waals surface area (Å²) >= 11 is 0. The number of nitrogens with one attached hydrogen (secondary N) is 1. The summed E-state index contributed by atoms with van der Waals surface area (Å²) < 4.78 is 5.16. The Morgan fingerprint density at radius 2 is 1.69 bits per heavy atom. The fraction of sp³-hybridized carbons (Fsp3) is 0.409. The molecule has 136 valence electrons. The van der Waals surface area contributed by atoms with Gasteiger partial charge in [0, 0.05) is 17.8 Å². The van der Waals surface area contributed by atoms with Crippen molar-refractivity contribution >= 4 is 11.6 Å². The monoisotopic (exact) mass is 350 g/mol. The molecule has 2 fully saturated rings. The molecule has 2 aromatic rings. The lowest BCUT2D eigenvalue weighted by Crippen LogP contribution is -2.46. The molecular weight excluding hydrogens is 324 g/mol. The molecule has 2 aliphatic rings. The Morgan fingerprint density at radius 1 is 1.04 bits per heavy atom. The first-order valence-corrected chi connectivity index (χ1v) is 9.47. The molecule has 26 heavy (non-hydrogen) atoms. The van der Waals surface area contributed by atoms with Crippen molar-refractivity contribution in [1.82, 2.24) is 4.90 Å². The SMILES string of the molecule is COc1ccc(NC(=O)CN2[C@@H]3CC[C@H]2CC(c2ccccc2)C3)cc1. The van der Waals surface area contributed by atoms with Crippen LogP contribution in [-0.2, 0) is 4.79 Å². The average molecular weight is 350 g/mol. The molecule has 2 saturated heterocycles. The number of anilines is 1. The van der Waals surface area contributed by atoms with Gasteiger partial charge in [-0.1, -0.05) is 30.3 Å². The fourth-order valence-corrected chi connectivity index (χ4v) is 4.57. The lowest BCUT2D eigenvalue weighted by atomic mass is 9.85. The molecule has 0 saturated carbocycles. The van der Waals surface area contributed by atoms with Crippen LogP contribution in [0.2, 0.25) is 0 Å². The Morgan fingerprint density at radius 3 is 2.31 bits per heavy atom. The van der Waals surface area contributed by atoms with Crippen LogP contribution in [0.4, 0.5) is 5.69 Å². The van der Waals surface area contributed by atoms with Crippen molar-refractivity contribution in [2.24, 2.45) is 0 Å². The Kier molecular flexibility index (Phi) is 4.93. The number of fused-ring (bicyclic) bond motifs is 2. The van der Waals surface area contributed by atoms with Gasteiger partial charge in [-0.2, -0.15) is 0 Å². The second kappa shape index (κ2) is 7.50. The van der Waals surface area contributed by atoms with E-state index >= 15 is 0 Å². The van der Waals surface area contributed by atoms with Gasteiger partial charge in [-0.25, -0.2) is 0 Å². The minimum Gasteiger partial charge on any atom is -0.497 e. The maximum absolute atomic E-state index is 12.5. The van der Waals surface area contributed by atoms with Crippen molar-refractivity contribution in [3.05, 3.63) is 60.2 Å². The first kappa shape index (κ1) is 17.1. The Labute approximate surface area is 155 Å². The van der Waals surface area contributed by atoms with Crippen LogP contribution < -0.4 is 10.1 Å². The predicted octanol–water partition coefficient (Wildman–Crippen LogP) is 4.04. The summed E-state index contributed by atoms with van der Waals surface area (Å²) in [4.78, 5) is 15.0.